The number of nitrogens with one attached hydrogen (secondary N) is 2. The van der Waals surface area contributed by atoms with Gasteiger partial charge < -0.3 is 10.6 Å². The molecule has 0 radical (unpaired) electrons. The van der Waals surface area contributed by atoms with Crippen LogP contribution in [0.25, 0.3) is 0 Å². The predicted octanol–water partition coefficient (Wildman–Crippen LogP) is 3.59. The second kappa shape index (κ2) is 7.05. The molecule has 104 valence electrons. The minimum atomic E-state index is -0.284. The van der Waals surface area contributed by atoms with Crippen LogP contribution in [-0.4, -0.2) is 6.03 Å². The van der Waals surface area contributed by atoms with E-state index in [-0.39, 0.29) is 11.8 Å². The summed E-state index contributed by atoms with van der Waals surface area (Å²) in [6.45, 7) is 0.828. The van der Waals surface area contributed by atoms with Crippen molar-refractivity contribution < 1.29 is 9.18 Å². The molecule has 2 aromatic rings. The zero-order valence-corrected chi connectivity index (χ0v) is 12.3. The summed E-state index contributed by atoms with van der Waals surface area (Å²) in [6, 6.07) is 13.5. The molecule has 0 aliphatic heterocycles. The van der Waals surface area contributed by atoms with E-state index >= 15 is 0 Å². The number of urea groups is 1. The molecule has 0 bridgehead atoms. The van der Waals surface area contributed by atoms with Crippen molar-refractivity contribution in [3.63, 3.8) is 0 Å². The van der Waals surface area contributed by atoms with Crippen LogP contribution in [0.15, 0.2) is 53.0 Å². The average Bonchev–Trinajstić information content (AvgIpc) is 2.46. The third-order valence-corrected chi connectivity index (χ3v) is 3.26. The highest BCUT2D eigenvalue weighted by Gasteiger charge is 2.01. The normalized spacial score (nSPS) is 10.1. The van der Waals surface area contributed by atoms with Crippen LogP contribution >= 0.6 is 15.9 Å². The van der Waals surface area contributed by atoms with Crippen LogP contribution < -0.4 is 10.6 Å². The van der Waals surface area contributed by atoms with Gasteiger partial charge in [-0.1, -0.05) is 40.2 Å². The molecule has 2 N–H and O–H groups in total. The highest BCUT2D eigenvalue weighted by Crippen LogP contribution is 2.10. The first kappa shape index (κ1) is 14.5. The monoisotopic (exact) mass is 336 g/mol. The molecule has 0 aliphatic carbocycles. The standard InChI is InChI=1S/C15H14BrFN2O/c16-13-5-1-11(2-6-13)9-18-15(20)19-10-12-3-7-14(17)8-4-12/h1-8H,9-10H2,(H2,18,19,20). The van der Waals surface area contributed by atoms with Gasteiger partial charge in [0, 0.05) is 17.6 Å². The van der Waals surface area contributed by atoms with Crippen LogP contribution in [0.4, 0.5) is 9.18 Å². The number of amides is 2. The van der Waals surface area contributed by atoms with E-state index in [0.29, 0.717) is 13.1 Å². The van der Waals surface area contributed by atoms with Crippen LogP contribution in [0.2, 0.25) is 0 Å². The molecule has 0 atom stereocenters. The van der Waals surface area contributed by atoms with E-state index < -0.39 is 0 Å². The second-order valence-electron chi connectivity index (χ2n) is 4.29. The summed E-state index contributed by atoms with van der Waals surface area (Å²) in [5, 5.41) is 5.48. The summed E-state index contributed by atoms with van der Waals surface area (Å²) in [6.07, 6.45) is 0. The Morgan fingerprint density at radius 3 is 1.85 bits per heavy atom. The van der Waals surface area contributed by atoms with Crippen molar-refractivity contribution in [2.45, 2.75) is 13.1 Å². The molecule has 0 saturated heterocycles. The Morgan fingerprint density at radius 2 is 1.35 bits per heavy atom. The number of benzene rings is 2. The van der Waals surface area contributed by atoms with Crippen LogP contribution in [0, 0.1) is 5.82 Å². The highest BCUT2D eigenvalue weighted by molar-refractivity contribution is 9.10. The SMILES string of the molecule is O=C(NCc1ccc(F)cc1)NCc1ccc(Br)cc1. The van der Waals surface area contributed by atoms with E-state index in [1.54, 1.807) is 12.1 Å². The van der Waals surface area contributed by atoms with Crippen molar-refractivity contribution >= 4 is 22.0 Å². The van der Waals surface area contributed by atoms with Gasteiger partial charge in [-0.05, 0) is 35.4 Å². The fourth-order valence-electron chi connectivity index (χ4n) is 1.63. The summed E-state index contributed by atoms with van der Waals surface area (Å²) in [5.74, 6) is -0.284. The maximum Gasteiger partial charge on any atom is 0.315 e. The first-order valence-corrected chi connectivity index (χ1v) is 6.93. The molecule has 3 nitrogen and oxygen atoms in total. The molecule has 0 fully saturated rings. The molecule has 0 heterocycles. The van der Waals surface area contributed by atoms with Gasteiger partial charge in [-0.2, -0.15) is 0 Å². The summed E-state index contributed by atoms with van der Waals surface area (Å²) < 4.78 is 13.7. The first-order chi connectivity index (χ1) is 9.63. The van der Waals surface area contributed by atoms with Crippen molar-refractivity contribution in [3.05, 3.63) is 69.9 Å². The van der Waals surface area contributed by atoms with E-state index in [1.165, 1.54) is 12.1 Å². The maximum atomic E-state index is 12.7. The number of carbonyl (C=O) groups excluding carboxylic acids is 1. The molecular formula is C15H14BrFN2O. The Balaban J connectivity index is 1.75. The van der Waals surface area contributed by atoms with Gasteiger partial charge in [-0.3, -0.25) is 0 Å². The Kier molecular flexibility index (Phi) is 5.12. The number of rotatable bonds is 4. The average molecular weight is 337 g/mol. The third kappa shape index (κ3) is 4.66. The van der Waals surface area contributed by atoms with Crippen LogP contribution in [0.1, 0.15) is 11.1 Å². The lowest BCUT2D eigenvalue weighted by atomic mass is 10.2. The Morgan fingerprint density at radius 1 is 0.900 bits per heavy atom. The number of hydrogen-bond acceptors (Lipinski definition) is 1. The number of carbonyl (C=O) groups is 1. The lowest BCUT2D eigenvalue weighted by Crippen LogP contribution is -2.34. The van der Waals surface area contributed by atoms with Gasteiger partial charge in [0.1, 0.15) is 5.82 Å². The molecule has 5 heteroatoms. The van der Waals surface area contributed by atoms with Crippen molar-refractivity contribution in [1.29, 1.82) is 0 Å². The molecule has 20 heavy (non-hydrogen) atoms. The van der Waals surface area contributed by atoms with Crippen molar-refractivity contribution in [2.24, 2.45) is 0 Å². The van der Waals surface area contributed by atoms with Gasteiger partial charge in [-0.15, -0.1) is 0 Å². The second-order valence-corrected chi connectivity index (χ2v) is 5.20. The van der Waals surface area contributed by atoms with Gasteiger partial charge in [0.2, 0.25) is 0 Å². The van der Waals surface area contributed by atoms with E-state index in [1.807, 2.05) is 24.3 Å². The molecule has 0 spiro atoms. The number of hydrogen-bond donors (Lipinski definition) is 2. The zero-order chi connectivity index (χ0) is 14.4. The molecule has 2 amide bonds. The summed E-state index contributed by atoms with van der Waals surface area (Å²) in [7, 11) is 0. The molecule has 0 aromatic heterocycles. The lowest BCUT2D eigenvalue weighted by molar-refractivity contribution is 0.240. The van der Waals surface area contributed by atoms with Crippen molar-refractivity contribution in [1.82, 2.24) is 10.6 Å². The molecule has 2 aromatic carbocycles. The fraction of sp³-hybridized carbons (Fsp3) is 0.133. The molecule has 2 rings (SSSR count). The third-order valence-electron chi connectivity index (χ3n) is 2.73. The smallest absolute Gasteiger partial charge is 0.315 e. The van der Waals surface area contributed by atoms with Crippen LogP contribution in [0.5, 0.6) is 0 Å². The summed E-state index contributed by atoms with van der Waals surface area (Å²) in [4.78, 5) is 11.6. The quantitative estimate of drug-likeness (QED) is 0.880. The van der Waals surface area contributed by atoms with Crippen LogP contribution in [-0.2, 0) is 13.1 Å². The molecule has 0 unspecified atom stereocenters. The predicted molar refractivity (Wildman–Crippen MR) is 79.6 cm³/mol. The van der Waals surface area contributed by atoms with Crippen molar-refractivity contribution in [3.8, 4) is 0 Å². The topological polar surface area (TPSA) is 41.1 Å². The molecule has 0 aliphatic rings. The van der Waals surface area contributed by atoms with E-state index in [4.69, 9.17) is 0 Å². The van der Waals surface area contributed by atoms with Gasteiger partial charge in [-0.25, -0.2) is 9.18 Å². The van der Waals surface area contributed by atoms with Gasteiger partial charge in [0.05, 0.1) is 0 Å². The van der Waals surface area contributed by atoms with Gasteiger partial charge >= 0.3 is 6.03 Å². The largest absolute Gasteiger partial charge is 0.334 e. The molecular weight excluding hydrogens is 323 g/mol. The van der Waals surface area contributed by atoms with Crippen molar-refractivity contribution in [2.75, 3.05) is 0 Å². The maximum absolute atomic E-state index is 12.7. The van der Waals surface area contributed by atoms with E-state index in [9.17, 15) is 9.18 Å². The summed E-state index contributed by atoms with van der Waals surface area (Å²) >= 11 is 3.35. The van der Waals surface area contributed by atoms with E-state index in [0.717, 1.165) is 15.6 Å². The Hall–Kier alpha value is -1.88. The molecule has 0 saturated carbocycles. The van der Waals surface area contributed by atoms with Gasteiger partial charge in [0.15, 0.2) is 0 Å². The van der Waals surface area contributed by atoms with Crippen LogP contribution in [0.3, 0.4) is 0 Å². The Labute approximate surface area is 125 Å². The van der Waals surface area contributed by atoms with E-state index in [2.05, 4.69) is 26.6 Å². The minimum Gasteiger partial charge on any atom is -0.334 e. The fourth-order valence-corrected chi connectivity index (χ4v) is 1.90. The zero-order valence-electron chi connectivity index (χ0n) is 10.7. The lowest BCUT2D eigenvalue weighted by Gasteiger charge is -2.08. The minimum absolute atomic E-state index is 0.253. The highest BCUT2D eigenvalue weighted by atomic mass is 79.9. The number of halogens is 2. The Bertz CT molecular complexity index is 518. The first-order valence-electron chi connectivity index (χ1n) is 6.14. The summed E-state index contributed by atoms with van der Waals surface area (Å²) in [5.41, 5.74) is 1.87. The van der Waals surface area contributed by atoms with Gasteiger partial charge in [0.25, 0.3) is 0 Å².